The molecule has 1 aromatic carbocycles. The summed E-state index contributed by atoms with van der Waals surface area (Å²) in [5.74, 6) is 0.457. The second kappa shape index (κ2) is 7.92. The van der Waals surface area contributed by atoms with Crippen molar-refractivity contribution in [3.63, 3.8) is 0 Å². The van der Waals surface area contributed by atoms with Crippen LogP contribution in [-0.2, 0) is 16.1 Å². The van der Waals surface area contributed by atoms with Gasteiger partial charge in [-0.1, -0.05) is 19.1 Å². The van der Waals surface area contributed by atoms with Gasteiger partial charge in [0.2, 0.25) is 24.1 Å². The standard InChI is InChI=1S/C18H22N4O3/c1-2-4-16(23)22-10-3-5-15(22)17(24)19-11-13-6-8-14(9-7-13)18-21-20-12-25-18/h6-9,12,15H,2-5,10-11H2,1H3,(H,19,24)/t15-/m1/s1. The number of benzene rings is 1. The Labute approximate surface area is 146 Å². The molecular formula is C18H22N4O3. The second-order valence-corrected chi connectivity index (χ2v) is 6.15. The molecule has 1 fully saturated rings. The van der Waals surface area contributed by atoms with Crippen molar-refractivity contribution < 1.29 is 14.0 Å². The van der Waals surface area contributed by atoms with E-state index in [9.17, 15) is 9.59 Å². The molecule has 1 N–H and O–H groups in total. The van der Waals surface area contributed by atoms with Gasteiger partial charge in [0.1, 0.15) is 6.04 Å². The molecule has 3 rings (SSSR count). The van der Waals surface area contributed by atoms with Gasteiger partial charge in [-0.05, 0) is 37.0 Å². The van der Waals surface area contributed by atoms with Gasteiger partial charge in [-0.3, -0.25) is 9.59 Å². The molecule has 0 radical (unpaired) electrons. The van der Waals surface area contributed by atoms with Gasteiger partial charge >= 0.3 is 0 Å². The van der Waals surface area contributed by atoms with E-state index in [1.807, 2.05) is 31.2 Å². The number of rotatable bonds is 6. The van der Waals surface area contributed by atoms with Gasteiger partial charge in [0.05, 0.1) is 0 Å². The van der Waals surface area contributed by atoms with Crippen molar-refractivity contribution in [2.24, 2.45) is 0 Å². The fourth-order valence-corrected chi connectivity index (χ4v) is 3.07. The third kappa shape index (κ3) is 4.04. The van der Waals surface area contributed by atoms with Gasteiger partial charge < -0.3 is 14.6 Å². The Morgan fingerprint density at radius 2 is 2.12 bits per heavy atom. The van der Waals surface area contributed by atoms with Crippen molar-refractivity contribution in [2.45, 2.75) is 45.2 Å². The molecule has 1 aliphatic rings. The first-order chi connectivity index (χ1) is 12.2. The number of nitrogens with zero attached hydrogens (tertiary/aromatic N) is 3. The largest absolute Gasteiger partial charge is 0.423 e. The molecular weight excluding hydrogens is 320 g/mol. The first-order valence-corrected chi connectivity index (χ1v) is 8.61. The number of nitrogens with one attached hydrogen (secondary N) is 1. The van der Waals surface area contributed by atoms with E-state index in [4.69, 9.17) is 4.42 Å². The van der Waals surface area contributed by atoms with Crippen LogP contribution < -0.4 is 5.32 Å². The summed E-state index contributed by atoms with van der Waals surface area (Å²) in [7, 11) is 0. The van der Waals surface area contributed by atoms with E-state index in [1.165, 1.54) is 6.39 Å². The minimum atomic E-state index is -0.336. The quantitative estimate of drug-likeness (QED) is 0.869. The van der Waals surface area contributed by atoms with Crippen LogP contribution in [0.3, 0.4) is 0 Å². The number of hydrogen-bond donors (Lipinski definition) is 1. The monoisotopic (exact) mass is 342 g/mol. The Hall–Kier alpha value is -2.70. The van der Waals surface area contributed by atoms with Crippen molar-refractivity contribution in [2.75, 3.05) is 6.54 Å². The highest BCUT2D eigenvalue weighted by Gasteiger charge is 2.33. The zero-order chi connectivity index (χ0) is 17.6. The van der Waals surface area contributed by atoms with Gasteiger partial charge in [-0.2, -0.15) is 0 Å². The molecule has 1 aromatic heterocycles. The molecule has 0 unspecified atom stereocenters. The summed E-state index contributed by atoms with van der Waals surface area (Å²) < 4.78 is 5.15. The van der Waals surface area contributed by atoms with Crippen LogP contribution in [0.4, 0.5) is 0 Å². The van der Waals surface area contributed by atoms with Crippen LogP contribution in [0.1, 0.15) is 38.2 Å². The average Bonchev–Trinajstić information content (AvgIpc) is 3.32. The van der Waals surface area contributed by atoms with Crippen LogP contribution in [-0.4, -0.2) is 39.5 Å². The molecule has 0 bridgehead atoms. The van der Waals surface area contributed by atoms with Gasteiger partial charge in [-0.15, -0.1) is 10.2 Å². The predicted molar refractivity (Wildman–Crippen MR) is 91.2 cm³/mol. The summed E-state index contributed by atoms with van der Waals surface area (Å²) in [4.78, 5) is 26.3. The molecule has 0 aliphatic carbocycles. The van der Waals surface area contributed by atoms with Crippen LogP contribution in [0.2, 0.25) is 0 Å². The van der Waals surface area contributed by atoms with Crippen LogP contribution in [0.15, 0.2) is 35.1 Å². The second-order valence-electron chi connectivity index (χ2n) is 6.15. The Morgan fingerprint density at radius 3 is 2.80 bits per heavy atom. The lowest BCUT2D eigenvalue weighted by Crippen LogP contribution is -2.45. The Kier molecular flexibility index (Phi) is 5.42. The molecule has 25 heavy (non-hydrogen) atoms. The molecule has 1 aliphatic heterocycles. The van der Waals surface area contributed by atoms with Crippen LogP contribution in [0.25, 0.3) is 11.5 Å². The summed E-state index contributed by atoms with van der Waals surface area (Å²) in [5.41, 5.74) is 1.81. The topological polar surface area (TPSA) is 88.3 Å². The Morgan fingerprint density at radius 1 is 1.32 bits per heavy atom. The fraction of sp³-hybridized carbons (Fsp3) is 0.444. The molecule has 7 nitrogen and oxygen atoms in total. The zero-order valence-corrected chi connectivity index (χ0v) is 14.3. The number of amides is 2. The summed E-state index contributed by atoms with van der Waals surface area (Å²) >= 11 is 0. The summed E-state index contributed by atoms with van der Waals surface area (Å²) in [6.07, 6.45) is 4.21. The number of carbonyl (C=O) groups excluding carboxylic acids is 2. The molecule has 7 heteroatoms. The van der Waals surface area contributed by atoms with E-state index >= 15 is 0 Å². The number of carbonyl (C=O) groups is 2. The smallest absolute Gasteiger partial charge is 0.247 e. The lowest BCUT2D eigenvalue weighted by molar-refractivity contribution is -0.138. The highest BCUT2D eigenvalue weighted by Crippen LogP contribution is 2.20. The van der Waals surface area contributed by atoms with Crippen LogP contribution in [0, 0.1) is 0 Å². The zero-order valence-electron chi connectivity index (χ0n) is 14.3. The third-order valence-corrected chi connectivity index (χ3v) is 4.37. The van der Waals surface area contributed by atoms with Gasteiger partial charge in [0.25, 0.3) is 0 Å². The molecule has 0 saturated carbocycles. The van der Waals surface area contributed by atoms with E-state index in [1.54, 1.807) is 4.90 Å². The minimum absolute atomic E-state index is 0.0732. The van der Waals surface area contributed by atoms with Crippen molar-refractivity contribution in [1.29, 1.82) is 0 Å². The maximum Gasteiger partial charge on any atom is 0.247 e. The Balaban J connectivity index is 1.56. The van der Waals surface area contributed by atoms with Gasteiger partial charge in [0, 0.05) is 25.1 Å². The molecule has 2 amide bonds. The number of aromatic nitrogens is 2. The highest BCUT2D eigenvalue weighted by molar-refractivity contribution is 5.88. The number of hydrogen-bond acceptors (Lipinski definition) is 5. The first-order valence-electron chi connectivity index (χ1n) is 8.61. The van der Waals surface area contributed by atoms with E-state index < -0.39 is 0 Å². The molecule has 1 saturated heterocycles. The molecule has 132 valence electrons. The number of likely N-dealkylation sites (tertiary alicyclic amines) is 1. The molecule has 1 atom stereocenters. The van der Waals surface area contributed by atoms with E-state index in [-0.39, 0.29) is 17.9 Å². The fourth-order valence-electron chi connectivity index (χ4n) is 3.07. The van der Waals surface area contributed by atoms with Gasteiger partial charge in [0.15, 0.2) is 0 Å². The SMILES string of the molecule is CCCC(=O)N1CCC[C@@H]1C(=O)NCc1ccc(-c2nnco2)cc1. The summed E-state index contributed by atoms with van der Waals surface area (Å²) in [5, 5.41) is 10.4. The van der Waals surface area contributed by atoms with Crippen molar-refractivity contribution in [3.05, 3.63) is 36.2 Å². The lowest BCUT2D eigenvalue weighted by Gasteiger charge is -2.23. The van der Waals surface area contributed by atoms with E-state index in [0.29, 0.717) is 25.4 Å². The third-order valence-electron chi connectivity index (χ3n) is 4.37. The predicted octanol–water partition coefficient (Wildman–Crippen LogP) is 2.14. The van der Waals surface area contributed by atoms with Crippen LogP contribution in [0.5, 0.6) is 0 Å². The van der Waals surface area contributed by atoms with E-state index in [2.05, 4.69) is 15.5 Å². The van der Waals surface area contributed by atoms with Gasteiger partial charge in [-0.25, -0.2) is 0 Å². The summed E-state index contributed by atoms with van der Waals surface area (Å²) in [6.45, 7) is 3.08. The van der Waals surface area contributed by atoms with Crippen molar-refractivity contribution in [1.82, 2.24) is 20.4 Å². The average molecular weight is 342 g/mol. The first kappa shape index (κ1) is 17.1. The lowest BCUT2D eigenvalue weighted by atomic mass is 10.1. The van der Waals surface area contributed by atoms with E-state index in [0.717, 1.165) is 30.4 Å². The summed E-state index contributed by atoms with van der Waals surface area (Å²) in [6, 6.07) is 7.24. The van der Waals surface area contributed by atoms with Crippen molar-refractivity contribution in [3.8, 4) is 11.5 Å². The molecule has 2 heterocycles. The van der Waals surface area contributed by atoms with Crippen LogP contribution >= 0.6 is 0 Å². The molecule has 0 spiro atoms. The minimum Gasteiger partial charge on any atom is -0.423 e. The highest BCUT2D eigenvalue weighted by atomic mass is 16.4. The Bertz CT molecular complexity index is 712. The maximum absolute atomic E-state index is 12.5. The normalized spacial score (nSPS) is 16.8. The molecule has 2 aromatic rings. The van der Waals surface area contributed by atoms with Crippen molar-refractivity contribution >= 4 is 11.8 Å². The maximum atomic E-state index is 12.5.